The minimum Gasteiger partial charge on any atom is -0.310 e. The van der Waals surface area contributed by atoms with Gasteiger partial charge in [-0.05, 0) is 36.5 Å². The van der Waals surface area contributed by atoms with Crippen molar-refractivity contribution in [2.45, 2.75) is 32.7 Å². The average molecular weight is 407 g/mol. The molecule has 4 rings (SSSR count). The highest BCUT2D eigenvalue weighted by molar-refractivity contribution is 6.23. The maximum absolute atomic E-state index is 13.6. The molecule has 0 bridgehead atoms. The zero-order valence-electron chi connectivity index (χ0n) is 16.7. The summed E-state index contributed by atoms with van der Waals surface area (Å²) in [6.07, 6.45) is 0.876. The Morgan fingerprint density at radius 1 is 1.10 bits per heavy atom. The van der Waals surface area contributed by atoms with Crippen LogP contribution < -0.4 is 4.90 Å². The van der Waals surface area contributed by atoms with E-state index in [9.17, 15) is 24.5 Å². The van der Waals surface area contributed by atoms with Crippen molar-refractivity contribution in [3.63, 3.8) is 0 Å². The lowest BCUT2D eigenvalue weighted by Gasteiger charge is -2.30. The molecule has 0 radical (unpaired) electrons. The van der Waals surface area contributed by atoms with E-state index in [4.69, 9.17) is 0 Å². The normalized spacial score (nSPS) is 16.1. The van der Waals surface area contributed by atoms with Gasteiger partial charge in [-0.2, -0.15) is 0 Å². The van der Waals surface area contributed by atoms with Crippen molar-refractivity contribution < 1.29 is 19.3 Å². The molecule has 2 aliphatic rings. The molecule has 8 nitrogen and oxygen atoms in total. The highest BCUT2D eigenvalue weighted by Crippen LogP contribution is 2.34. The molecule has 2 aromatic carbocycles. The fraction of sp³-hybridized carbons (Fsp3) is 0.318. The summed E-state index contributed by atoms with van der Waals surface area (Å²) in [6, 6.07) is 10.0. The number of non-ortho nitro benzene ring substituents is 1. The van der Waals surface area contributed by atoms with Gasteiger partial charge in [-0.1, -0.05) is 32.0 Å². The highest BCUT2D eigenvalue weighted by Gasteiger charge is 2.45. The third-order valence-corrected chi connectivity index (χ3v) is 5.56. The minimum atomic E-state index is -0.970. The zero-order valence-corrected chi connectivity index (χ0v) is 16.7. The number of hydrogen-bond donors (Lipinski definition) is 0. The van der Waals surface area contributed by atoms with Crippen molar-refractivity contribution in [1.29, 1.82) is 0 Å². The fourth-order valence-electron chi connectivity index (χ4n) is 4.14. The molecule has 0 saturated carbocycles. The van der Waals surface area contributed by atoms with Gasteiger partial charge in [0, 0.05) is 18.7 Å². The summed E-state index contributed by atoms with van der Waals surface area (Å²) >= 11 is 0. The Balaban J connectivity index is 1.71. The number of nitro groups is 1. The number of carbonyl (C=O) groups excluding carboxylic acids is 3. The second-order valence-corrected chi connectivity index (χ2v) is 7.98. The van der Waals surface area contributed by atoms with Crippen LogP contribution in [0.25, 0.3) is 0 Å². The van der Waals surface area contributed by atoms with Crippen molar-refractivity contribution in [1.82, 2.24) is 4.90 Å². The molecule has 0 aliphatic carbocycles. The Bertz CT molecular complexity index is 1040. The molecule has 8 heteroatoms. The van der Waals surface area contributed by atoms with Gasteiger partial charge in [-0.25, -0.2) is 0 Å². The lowest BCUT2D eigenvalue weighted by molar-refractivity contribution is -0.384. The van der Waals surface area contributed by atoms with Crippen LogP contribution in [0.15, 0.2) is 42.5 Å². The first-order valence-corrected chi connectivity index (χ1v) is 9.85. The predicted molar refractivity (Wildman–Crippen MR) is 109 cm³/mol. The molecular formula is C22H21N3O5. The molecule has 3 amide bonds. The quantitative estimate of drug-likeness (QED) is 0.430. The van der Waals surface area contributed by atoms with Crippen LogP contribution in [0.5, 0.6) is 0 Å². The van der Waals surface area contributed by atoms with Crippen LogP contribution in [0.2, 0.25) is 0 Å². The van der Waals surface area contributed by atoms with Gasteiger partial charge in [-0.3, -0.25) is 29.4 Å². The van der Waals surface area contributed by atoms with Gasteiger partial charge < -0.3 is 4.90 Å². The topological polar surface area (TPSA) is 101 Å². The van der Waals surface area contributed by atoms with Crippen LogP contribution in [0, 0.1) is 16.0 Å². The Kier molecular flexibility index (Phi) is 4.85. The largest absolute Gasteiger partial charge is 0.310 e. The van der Waals surface area contributed by atoms with Crippen LogP contribution >= 0.6 is 0 Å². The van der Waals surface area contributed by atoms with Crippen LogP contribution in [0.3, 0.4) is 0 Å². The molecule has 0 fully saturated rings. The Morgan fingerprint density at radius 2 is 1.73 bits per heavy atom. The van der Waals surface area contributed by atoms with Gasteiger partial charge in [0.15, 0.2) is 0 Å². The molecule has 2 aromatic rings. The van der Waals surface area contributed by atoms with E-state index >= 15 is 0 Å². The van der Waals surface area contributed by atoms with Crippen molar-refractivity contribution in [3.05, 3.63) is 69.3 Å². The van der Waals surface area contributed by atoms with Crippen LogP contribution in [0.4, 0.5) is 11.4 Å². The summed E-state index contributed by atoms with van der Waals surface area (Å²) < 4.78 is 0. The first-order chi connectivity index (χ1) is 14.3. The van der Waals surface area contributed by atoms with Crippen LogP contribution in [-0.4, -0.2) is 40.1 Å². The summed E-state index contributed by atoms with van der Waals surface area (Å²) in [5, 5.41) is 11.2. The molecule has 2 heterocycles. The number of hydrogen-bond acceptors (Lipinski definition) is 5. The summed E-state index contributed by atoms with van der Waals surface area (Å²) in [6.45, 7) is 4.19. The number of imide groups is 1. The van der Waals surface area contributed by atoms with Gasteiger partial charge in [0.05, 0.1) is 21.7 Å². The SMILES string of the molecule is CC(C)CC(C(=O)N1CCc2ccc([N+](=O)[O-])cc21)N1C(=O)c2ccccc2C1=O. The van der Waals surface area contributed by atoms with Gasteiger partial charge >= 0.3 is 0 Å². The lowest BCUT2D eigenvalue weighted by atomic mass is 10.0. The Labute approximate surface area is 173 Å². The van der Waals surface area contributed by atoms with Gasteiger partial charge in [0.1, 0.15) is 6.04 Å². The molecule has 0 saturated heterocycles. The number of benzene rings is 2. The number of nitrogens with zero attached hydrogens (tertiary/aromatic N) is 3. The van der Waals surface area contributed by atoms with Gasteiger partial charge in [0.25, 0.3) is 17.5 Å². The summed E-state index contributed by atoms with van der Waals surface area (Å²) in [4.78, 5) is 52.7. The summed E-state index contributed by atoms with van der Waals surface area (Å²) in [5.41, 5.74) is 1.79. The first-order valence-electron chi connectivity index (χ1n) is 9.85. The molecule has 1 atom stereocenters. The average Bonchev–Trinajstić information content (AvgIpc) is 3.25. The third-order valence-electron chi connectivity index (χ3n) is 5.56. The second-order valence-electron chi connectivity index (χ2n) is 7.98. The van der Waals surface area contributed by atoms with Crippen molar-refractivity contribution in [3.8, 4) is 0 Å². The molecule has 0 aromatic heterocycles. The maximum Gasteiger partial charge on any atom is 0.271 e. The van der Waals surface area contributed by atoms with E-state index in [-0.39, 0.29) is 11.6 Å². The molecular weight excluding hydrogens is 386 g/mol. The molecule has 0 N–H and O–H groups in total. The van der Waals surface area contributed by atoms with Gasteiger partial charge in [0.2, 0.25) is 5.91 Å². The number of fused-ring (bicyclic) bond motifs is 2. The lowest BCUT2D eigenvalue weighted by Crippen LogP contribution is -2.51. The van der Waals surface area contributed by atoms with E-state index in [0.29, 0.717) is 36.2 Å². The van der Waals surface area contributed by atoms with E-state index in [1.54, 1.807) is 30.3 Å². The van der Waals surface area contributed by atoms with Crippen molar-refractivity contribution >= 4 is 29.1 Å². The maximum atomic E-state index is 13.6. The standard InChI is InChI=1S/C22H21N3O5/c1-13(2)11-19(24-20(26)16-5-3-4-6-17(16)21(24)27)22(28)23-10-9-14-7-8-15(25(29)30)12-18(14)23/h3-8,12-13,19H,9-11H2,1-2H3. The van der Waals surface area contributed by atoms with E-state index in [1.807, 2.05) is 13.8 Å². The first kappa shape index (κ1) is 19.8. The summed E-state index contributed by atoms with van der Waals surface area (Å²) in [5.74, 6) is -1.30. The van der Waals surface area contributed by atoms with Crippen LogP contribution in [-0.2, 0) is 11.2 Å². The Hall–Kier alpha value is -3.55. The minimum absolute atomic E-state index is 0.0513. The van der Waals surface area contributed by atoms with Crippen molar-refractivity contribution in [2.24, 2.45) is 5.92 Å². The third kappa shape index (κ3) is 3.14. The van der Waals surface area contributed by atoms with E-state index in [2.05, 4.69) is 0 Å². The number of rotatable bonds is 5. The van der Waals surface area contributed by atoms with E-state index in [1.165, 1.54) is 17.0 Å². The number of anilines is 1. The number of amides is 3. The van der Waals surface area contributed by atoms with E-state index in [0.717, 1.165) is 10.5 Å². The van der Waals surface area contributed by atoms with Gasteiger partial charge in [-0.15, -0.1) is 0 Å². The molecule has 30 heavy (non-hydrogen) atoms. The summed E-state index contributed by atoms with van der Waals surface area (Å²) in [7, 11) is 0. The highest BCUT2D eigenvalue weighted by atomic mass is 16.6. The van der Waals surface area contributed by atoms with E-state index < -0.39 is 28.7 Å². The predicted octanol–water partition coefficient (Wildman–Crippen LogP) is 3.19. The van der Waals surface area contributed by atoms with Crippen LogP contribution in [0.1, 0.15) is 46.5 Å². The second kappa shape index (κ2) is 7.37. The van der Waals surface area contributed by atoms with Crippen molar-refractivity contribution in [2.75, 3.05) is 11.4 Å². The number of carbonyl (C=O) groups is 3. The monoisotopic (exact) mass is 407 g/mol. The molecule has 2 aliphatic heterocycles. The molecule has 1 unspecified atom stereocenters. The fourth-order valence-corrected chi connectivity index (χ4v) is 4.14. The number of nitro benzene ring substituents is 1. The molecule has 154 valence electrons. The smallest absolute Gasteiger partial charge is 0.271 e. The zero-order chi connectivity index (χ0) is 21.6. The molecule has 0 spiro atoms. The Morgan fingerprint density at radius 3 is 2.30 bits per heavy atom.